The van der Waals surface area contributed by atoms with Crippen molar-refractivity contribution < 1.29 is 30.8 Å². The van der Waals surface area contributed by atoms with E-state index in [1.54, 1.807) is 19.2 Å². The van der Waals surface area contributed by atoms with Crippen molar-refractivity contribution in [2.24, 2.45) is 0 Å². The molecule has 0 aliphatic carbocycles. The van der Waals surface area contributed by atoms with Crippen LogP contribution >= 0.6 is 0 Å². The highest BCUT2D eigenvalue weighted by Gasteiger charge is 2.30. The smallest absolute Gasteiger partial charge is 0.289 e. The number of rotatable bonds is 9. The summed E-state index contributed by atoms with van der Waals surface area (Å²) in [4.78, 5) is 14.2. The van der Waals surface area contributed by atoms with Gasteiger partial charge in [0.1, 0.15) is 5.75 Å². The Labute approximate surface area is 188 Å². The Morgan fingerprint density at radius 1 is 1.09 bits per heavy atom. The lowest BCUT2D eigenvalue weighted by Crippen LogP contribution is -2.35. The van der Waals surface area contributed by atoms with Crippen molar-refractivity contribution in [2.75, 3.05) is 39.5 Å². The Morgan fingerprint density at radius 3 is 2.50 bits per heavy atom. The first-order chi connectivity index (χ1) is 15.1. The molecule has 1 amide bonds. The van der Waals surface area contributed by atoms with Crippen LogP contribution in [-0.4, -0.2) is 71.5 Å². The molecular weight excluding hydrogens is 456 g/mol. The number of carbonyl (C=O) groups excluding carboxylic acids is 1. The summed E-state index contributed by atoms with van der Waals surface area (Å²) in [6.45, 7) is 1.54. The SMILES string of the molecule is CN(CCCOc1cccc(S(C)(=O)=O)c1)C(=O)c1ccc(S(=O)(=O)N2CCCCC2)o1. The standard InChI is InChI=1S/C21H28N2O7S2/c1-22(12-7-15-29-17-8-6-9-18(16-17)31(2,25)26)21(24)19-10-11-20(30-19)32(27,28)23-13-4-3-5-14-23/h6,8-11,16H,3-5,7,12-15H2,1-2H3. The van der Waals surface area contributed by atoms with E-state index >= 15 is 0 Å². The van der Waals surface area contributed by atoms with Crippen molar-refractivity contribution >= 4 is 25.8 Å². The van der Waals surface area contributed by atoms with Gasteiger partial charge in [-0.2, -0.15) is 4.31 Å². The zero-order chi connectivity index (χ0) is 23.4. The van der Waals surface area contributed by atoms with E-state index in [4.69, 9.17) is 9.15 Å². The molecular formula is C21H28N2O7S2. The molecule has 1 aromatic heterocycles. The molecule has 0 saturated carbocycles. The van der Waals surface area contributed by atoms with E-state index in [9.17, 15) is 21.6 Å². The maximum atomic E-state index is 12.7. The van der Waals surface area contributed by atoms with Crippen molar-refractivity contribution in [3.8, 4) is 5.75 Å². The van der Waals surface area contributed by atoms with Crippen LogP contribution in [-0.2, 0) is 19.9 Å². The molecule has 1 aromatic carbocycles. The van der Waals surface area contributed by atoms with E-state index in [0.29, 0.717) is 31.8 Å². The second kappa shape index (κ2) is 10.1. The van der Waals surface area contributed by atoms with Crippen LogP contribution in [0.4, 0.5) is 0 Å². The van der Waals surface area contributed by atoms with Crippen LogP contribution < -0.4 is 4.74 Å². The number of ether oxygens (including phenoxy) is 1. The second-order valence-electron chi connectivity index (χ2n) is 7.76. The van der Waals surface area contributed by atoms with E-state index in [1.165, 1.54) is 33.5 Å². The first kappa shape index (κ1) is 24.3. The molecule has 2 heterocycles. The zero-order valence-electron chi connectivity index (χ0n) is 18.2. The van der Waals surface area contributed by atoms with Gasteiger partial charge in [0.25, 0.3) is 15.9 Å². The summed E-state index contributed by atoms with van der Waals surface area (Å²) in [6.07, 6.45) is 4.26. The first-order valence-electron chi connectivity index (χ1n) is 10.4. The molecule has 32 heavy (non-hydrogen) atoms. The molecule has 1 aliphatic heterocycles. The molecule has 0 unspecified atom stereocenters. The first-order valence-corrected chi connectivity index (χ1v) is 13.7. The number of sulfonamides is 1. The number of piperidine rings is 1. The number of carbonyl (C=O) groups is 1. The van der Waals surface area contributed by atoms with Gasteiger partial charge in [-0.05, 0) is 49.6 Å². The lowest BCUT2D eigenvalue weighted by Gasteiger charge is -2.24. The monoisotopic (exact) mass is 484 g/mol. The third kappa shape index (κ3) is 5.90. The second-order valence-corrected chi connectivity index (χ2v) is 11.6. The summed E-state index contributed by atoms with van der Waals surface area (Å²) in [5.74, 6) is -0.0328. The fraction of sp³-hybridized carbons (Fsp3) is 0.476. The third-order valence-corrected chi connectivity index (χ3v) is 8.07. The lowest BCUT2D eigenvalue weighted by molar-refractivity contribution is 0.0750. The van der Waals surface area contributed by atoms with E-state index in [2.05, 4.69) is 0 Å². The number of nitrogens with zero attached hydrogens (tertiary/aromatic N) is 2. The van der Waals surface area contributed by atoms with Gasteiger partial charge in [-0.1, -0.05) is 12.5 Å². The van der Waals surface area contributed by atoms with Crippen LogP contribution in [0.3, 0.4) is 0 Å². The van der Waals surface area contributed by atoms with Crippen molar-refractivity contribution in [2.45, 2.75) is 35.7 Å². The Kier molecular flexibility index (Phi) is 7.63. The molecule has 176 valence electrons. The van der Waals surface area contributed by atoms with Crippen molar-refractivity contribution in [1.82, 2.24) is 9.21 Å². The molecule has 0 N–H and O–H groups in total. The molecule has 0 atom stereocenters. The fourth-order valence-corrected chi connectivity index (χ4v) is 5.47. The van der Waals surface area contributed by atoms with E-state index in [1.807, 2.05) is 0 Å². The summed E-state index contributed by atoms with van der Waals surface area (Å²) in [6, 6.07) is 8.92. The normalized spacial score (nSPS) is 15.4. The number of amides is 1. The maximum absolute atomic E-state index is 12.7. The van der Waals surface area contributed by atoms with E-state index in [-0.39, 0.29) is 22.4 Å². The molecule has 1 saturated heterocycles. The minimum absolute atomic E-state index is 0.0372. The molecule has 3 rings (SSSR count). The van der Waals surface area contributed by atoms with E-state index < -0.39 is 25.8 Å². The van der Waals surface area contributed by atoms with Gasteiger partial charge in [0.15, 0.2) is 15.6 Å². The average Bonchev–Trinajstić information content (AvgIpc) is 3.27. The highest BCUT2D eigenvalue weighted by Crippen LogP contribution is 2.23. The highest BCUT2D eigenvalue weighted by atomic mass is 32.2. The summed E-state index contributed by atoms with van der Waals surface area (Å²) in [5.41, 5.74) is 0. The van der Waals surface area contributed by atoms with Gasteiger partial charge in [0.05, 0.1) is 11.5 Å². The minimum Gasteiger partial charge on any atom is -0.493 e. The number of benzene rings is 1. The van der Waals surface area contributed by atoms with Gasteiger partial charge in [-0.3, -0.25) is 4.79 Å². The van der Waals surface area contributed by atoms with Crippen LogP contribution in [0.2, 0.25) is 0 Å². The van der Waals surface area contributed by atoms with Crippen LogP contribution in [0, 0.1) is 0 Å². The van der Waals surface area contributed by atoms with Crippen LogP contribution in [0.1, 0.15) is 36.2 Å². The summed E-state index contributed by atoms with van der Waals surface area (Å²) >= 11 is 0. The molecule has 9 nitrogen and oxygen atoms in total. The van der Waals surface area contributed by atoms with Crippen molar-refractivity contribution in [1.29, 1.82) is 0 Å². The topological polar surface area (TPSA) is 114 Å². The quantitative estimate of drug-likeness (QED) is 0.502. The van der Waals surface area contributed by atoms with Crippen molar-refractivity contribution in [3.63, 3.8) is 0 Å². The third-order valence-electron chi connectivity index (χ3n) is 5.19. The molecule has 1 aliphatic rings. The van der Waals surface area contributed by atoms with Gasteiger partial charge >= 0.3 is 0 Å². The Hall–Kier alpha value is -2.37. The Balaban J connectivity index is 1.52. The van der Waals surface area contributed by atoms with Gasteiger partial charge in [0.2, 0.25) is 5.09 Å². The number of furan rings is 1. The number of sulfone groups is 1. The Morgan fingerprint density at radius 2 is 1.81 bits per heavy atom. The van der Waals surface area contributed by atoms with Gasteiger partial charge < -0.3 is 14.1 Å². The highest BCUT2D eigenvalue weighted by molar-refractivity contribution is 7.90. The largest absolute Gasteiger partial charge is 0.493 e. The van der Waals surface area contributed by atoms with Gasteiger partial charge in [-0.15, -0.1) is 0 Å². The van der Waals surface area contributed by atoms with Gasteiger partial charge in [-0.25, -0.2) is 16.8 Å². The molecule has 0 radical (unpaired) electrons. The van der Waals surface area contributed by atoms with Crippen LogP contribution in [0.15, 0.2) is 50.8 Å². The van der Waals surface area contributed by atoms with Crippen LogP contribution in [0.25, 0.3) is 0 Å². The Bertz CT molecular complexity index is 1150. The fourth-order valence-electron chi connectivity index (χ4n) is 3.38. The number of hydrogen-bond donors (Lipinski definition) is 0. The minimum atomic E-state index is -3.73. The van der Waals surface area contributed by atoms with Crippen molar-refractivity contribution in [3.05, 3.63) is 42.2 Å². The zero-order valence-corrected chi connectivity index (χ0v) is 19.8. The average molecular weight is 485 g/mol. The number of hydrogen-bond acceptors (Lipinski definition) is 7. The van der Waals surface area contributed by atoms with E-state index in [0.717, 1.165) is 25.5 Å². The lowest BCUT2D eigenvalue weighted by atomic mass is 10.2. The predicted octanol–water partition coefficient (Wildman–Crippen LogP) is 2.40. The molecule has 2 aromatic rings. The predicted molar refractivity (Wildman–Crippen MR) is 118 cm³/mol. The summed E-state index contributed by atoms with van der Waals surface area (Å²) in [5, 5.41) is -0.217. The molecule has 0 bridgehead atoms. The summed E-state index contributed by atoms with van der Waals surface area (Å²) in [7, 11) is -5.46. The molecule has 0 spiro atoms. The molecule has 1 fully saturated rings. The van der Waals surface area contributed by atoms with Crippen LogP contribution in [0.5, 0.6) is 5.75 Å². The molecule has 11 heteroatoms. The van der Waals surface area contributed by atoms with Gasteiger partial charge in [0, 0.05) is 32.9 Å². The summed E-state index contributed by atoms with van der Waals surface area (Å²) < 4.78 is 61.0. The maximum Gasteiger partial charge on any atom is 0.289 e.